The number of hydrogen-bond donors (Lipinski definition) is 8. The van der Waals surface area contributed by atoms with Crippen LogP contribution in [0.4, 0.5) is 0 Å². The summed E-state index contributed by atoms with van der Waals surface area (Å²) < 4.78 is 0. The van der Waals surface area contributed by atoms with Gasteiger partial charge in [-0.05, 0) is 38.1 Å². The van der Waals surface area contributed by atoms with Gasteiger partial charge in [0.05, 0.1) is 6.61 Å². The van der Waals surface area contributed by atoms with Crippen molar-refractivity contribution in [3.63, 3.8) is 0 Å². The van der Waals surface area contributed by atoms with Gasteiger partial charge in [-0.3, -0.25) is 19.2 Å². The molecule has 0 aliphatic heterocycles. The van der Waals surface area contributed by atoms with Gasteiger partial charge in [-0.25, -0.2) is 4.79 Å². The van der Waals surface area contributed by atoms with Crippen molar-refractivity contribution in [2.45, 2.75) is 76.5 Å². The van der Waals surface area contributed by atoms with Gasteiger partial charge >= 0.3 is 11.9 Å². The van der Waals surface area contributed by atoms with Gasteiger partial charge in [0, 0.05) is 6.42 Å². The highest BCUT2D eigenvalue weighted by Gasteiger charge is 2.32. The molecule has 5 unspecified atom stereocenters. The Hall–Kier alpha value is -2.77. The maximum atomic E-state index is 12.9. The number of unbranched alkanes of at least 4 members (excludes halogenated alkanes) is 1. The van der Waals surface area contributed by atoms with Crippen molar-refractivity contribution in [1.82, 2.24) is 16.0 Å². The van der Waals surface area contributed by atoms with E-state index in [1.165, 1.54) is 0 Å². The Morgan fingerprint density at radius 3 is 1.97 bits per heavy atom. The average Bonchev–Trinajstić information content (AvgIpc) is 2.77. The highest BCUT2D eigenvalue weighted by atomic mass is 16.4. The van der Waals surface area contributed by atoms with E-state index >= 15 is 0 Å². The standard InChI is InChI=1S/C20H37N5O8/c1-3-11(2)16(25-17(29)12(22)10-26)19(31)23-13(7-8-15(27)28)18(30)24-14(20(32)33)6-4-5-9-21/h11-14,16,26H,3-10,21-22H2,1-2H3,(H,23,31)(H,24,30)(H,25,29)(H,27,28)(H,32,33). The summed E-state index contributed by atoms with van der Waals surface area (Å²) in [4.78, 5) is 60.2. The normalized spacial score (nSPS) is 15.4. The number of hydrogen-bond acceptors (Lipinski definition) is 8. The van der Waals surface area contributed by atoms with Crippen molar-refractivity contribution in [3.8, 4) is 0 Å². The lowest BCUT2D eigenvalue weighted by molar-refractivity contribution is -0.143. The van der Waals surface area contributed by atoms with Crippen LogP contribution < -0.4 is 27.4 Å². The first kappa shape index (κ1) is 30.2. The van der Waals surface area contributed by atoms with E-state index in [1.807, 2.05) is 0 Å². The van der Waals surface area contributed by atoms with Crippen LogP contribution in [0.3, 0.4) is 0 Å². The number of rotatable bonds is 17. The zero-order valence-electron chi connectivity index (χ0n) is 19.1. The van der Waals surface area contributed by atoms with Crippen molar-refractivity contribution in [3.05, 3.63) is 0 Å². The first-order valence-electron chi connectivity index (χ1n) is 10.9. The quantitative estimate of drug-likeness (QED) is 0.106. The largest absolute Gasteiger partial charge is 0.481 e. The minimum Gasteiger partial charge on any atom is -0.481 e. The molecule has 0 aliphatic carbocycles. The van der Waals surface area contributed by atoms with Crippen LogP contribution in [0.1, 0.15) is 52.4 Å². The second kappa shape index (κ2) is 15.9. The molecule has 0 fully saturated rings. The maximum Gasteiger partial charge on any atom is 0.326 e. The van der Waals surface area contributed by atoms with Gasteiger partial charge < -0.3 is 42.7 Å². The van der Waals surface area contributed by atoms with Crippen LogP contribution in [0.25, 0.3) is 0 Å². The summed E-state index contributed by atoms with van der Waals surface area (Å²) in [5, 5.41) is 34.6. The molecule has 33 heavy (non-hydrogen) atoms. The minimum atomic E-state index is -1.35. The molecule has 0 saturated heterocycles. The summed E-state index contributed by atoms with van der Waals surface area (Å²) in [6, 6.07) is -4.94. The van der Waals surface area contributed by atoms with E-state index < -0.39 is 66.9 Å². The fraction of sp³-hybridized carbons (Fsp3) is 0.750. The van der Waals surface area contributed by atoms with Gasteiger partial charge in [0.2, 0.25) is 17.7 Å². The van der Waals surface area contributed by atoms with Crippen LogP contribution in [0.5, 0.6) is 0 Å². The van der Waals surface area contributed by atoms with Gasteiger partial charge in [-0.2, -0.15) is 0 Å². The van der Waals surface area contributed by atoms with Crippen LogP contribution in [0, 0.1) is 5.92 Å². The SMILES string of the molecule is CCC(C)C(NC(=O)C(N)CO)C(=O)NC(CCC(=O)O)C(=O)NC(CCCCN)C(=O)O. The van der Waals surface area contributed by atoms with Crippen LogP contribution in [0.15, 0.2) is 0 Å². The number of carboxylic acid groups (broad SMARTS) is 2. The highest BCUT2D eigenvalue weighted by Crippen LogP contribution is 2.10. The van der Waals surface area contributed by atoms with Crippen LogP contribution in [-0.4, -0.2) is 82.3 Å². The molecule has 0 bridgehead atoms. The van der Waals surface area contributed by atoms with E-state index in [-0.39, 0.29) is 18.8 Å². The molecule has 13 nitrogen and oxygen atoms in total. The van der Waals surface area contributed by atoms with E-state index in [9.17, 15) is 29.1 Å². The third-order valence-electron chi connectivity index (χ3n) is 5.17. The Labute approximate surface area is 192 Å². The maximum absolute atomic E-state index is 12.9. The lowest BCUT2D eigenvalue weighted by Crippen LogP contribution is -2.59. The number of carbonyl (C=O) groups excluding carboxylic acids is 3. The van der Waals surface area contributed by atoms with E-state index in [0.717, 1.165) is 0 Å². The van der Waals surface area contributed by atoms with Crippen molar-refractivity contribution in [1.29, 1.82) is 0 Å². The zero-order chi connectivity index (χ0) is 25.6. The Morgan fingerprint density at radius 1 is 0.879 bits per heavy atom. The molecule has 0 aliphatic rings. The summed E-state index contributed by atoms with van der Waals surface area (Å²) in [5.41, 5.74) is 10.9. The number of carbonyl (C=O) groups is 5. The molecule has 0 rings (SSSR count). The van der Waals surface area contributed by atoms with Crippen molar-refractivity contribution in [2.24, 2.45) is 17.4 Å². The van der Waals surface area contributed by atoms with E-state index in [1.54, 1.807) is 13.8 Å². The van der Waals surface area contributed by atoms with Crippen LogP contribution >= 0.6 is 0 Å². The number of aliphatic carboxylic acids is 2. The molecule has 0 aromatic carbocycles. The highest BCUT2D eigenvalue weighted by molar-refractivity contribution is 5.94. The zero-order valence-corrected chi connectivity index (χ0v) is 19.1. The first-order valence-corrected chi connectivity index (χ1v) is 10.9. The molecule has 5 atom stereocenters. The summed E-state index contributed by atoms with van der Waals surface area (Å²) >= 11 is 0. The summed E-state index contributed by atoms with van der Waals surface area (Å²) in [5.74, 6) is -5.25. The molecule has 190 valence electrons. The Bertz CT molecular complexity index is 675. The van der Waals surface area contributed by atoms with Crippen molar-refractivity contribution >= 4 is 29.7 Å². The van der Waals surface area contributed by atoms with Gasteiger partial charge in [0.15, 0.2) is 0 Å². The Morgan fingerprint density at radius 2 is 1.48 bits per heavy atom. The molecule has 0 heterocycles. The number of aliphatic hydroxyl groups excluding tert-OH is 1. The average molecular weight is 476 g/mol. The third kappa shape index (κ3) is 11.6. The molecule has 3 amide bonds. The fourth-order valence-electron chi connectivity index (χ4n) is 2.87. The molecule has 0 radical (unpaired) electrons. The summed E-state index contributed by atoms with van der Waals surface area (Å²) in [7, 11) is 0. The van der Waals surface area contributed by atoms with Crippen LogP contribution in [-0.2, 0) is 24.0 Å². The second-order valence-corrected chi connectivity index (χ2v) is 7.84. The van der Waals surface area contributed by atoms with E-state index in [4.69, 9.17) is 21.7 Å². The van der Waals surface area contributed by atoms with Crippen molar-refractivity contribution in [2.75, 3.05) is 13.2 Å². The molecule has 0 saturated carbocycles. The Kier molecular flexibility index (Phi) is 14.6. The lowest BCUT2D eigenvalue weighted by Gasteiger charge is -2.27. The van der Waals surface area contributed by atoms with E-state index in [2.05, 4.69) is 16.0 Å². The summed E-state index contributed by atoms with van der Waals surface area (Å²) in [6.45, 7) is 3.18. The number of carboxylic acids is 2. The number of amides is 3. The fourth-order valence-corrected chi connectivity index (χ4v) is 2.87. The molecule has 0 spiro atoms. The number of nitrogens with two attached hydrogens (primary N) is 2. The van der Waals surface area contributed by atoms with Gasteiger partial charge in [0.1, 0.15) is 24.2 Å². The Balaban J connectivity index is 5.53. The van der Waals surface area contributed by atoms with Crippen molar-refractivity contribution < 1.29 is 39.3 Å². The molecular formula is C20H37N5O8. The molecule has 13 heteroatoms. The predicted octanol–water partition coefficient (Wildman–Crippen LogP) is -2.12. The third-order valence-corrected chi connectivity index (χ3v) is 5.17. The molecule has 0 aromatic rings. The first-order chi connectivity index (χ1) is 15.5. The summed E-state index contributed by atoms with van der Waals surface area (Å²) in [6.07, 6.45) is 0.847. The minimum absolute atomic E-state index is 0.114. The smallest absolute Gasteiger partial charge is 0.326 e. The van der Waals surface area contributed by atoms with Crippen LogP contribution in [0.2, 0.25) is 0 Å². The van der Waals surface area contributed by atoms with Gasteiger partial charge in [-0.15, -0.1) is 0 Å². The lowest BCUT2D eigenvalue weighted by atomic mass is 9.97. The topological polar surface area (TPSA) is 234 Å². The molecular weight excluding hydrogens is 438 g/mol. The predicted molar refractivity (Wildman–Crippen MR) is 118 cm³/mol. The van der Waals surface area contributed by atoms with E-state index in [0.29, 0.717) is 25.8 Å². The molecule has 0 aromatic heterocycles. The second-order valence-electron chi connectivity index (χ2n) is 7.84. The monoisotopic (exact) mass is 475 g/mol. The van der Waals surface area contributed by atoms with Gasteiger partial charge in [-0.1, -0.05) is 20.3 Å². The number of aliphatic hydroxyl groups is 1. The number of nitrogens with one attached hydrogen (secondary N) is 3. The molecule has 10 N–H and O–H groups in total. The van der Waals surface area contributed by atoms with Gasteiger partial charge in [0.25, 0.3) is 0 Å².